The predicted molar refractivity (Wildman–Crippen MR) is 91.3 cm³/mol. The van der Waals surface area contributed by atoms with Crippen molar-refractivity contribution in [2.24, 2.45) is 5.92 Å². The molecule has 0 bridgehead atoms. The van der Waals surface area contributed by atoms with Crippen LogP contribution in [0.1, 0.15) is 45.4 Å². The normalized spacial score (nSPS) is 24.4. The van der Waals surface area contributed by atoms with Gasteiger partial charge in [-0.1, -0.05) is 13.3 Å². The van der Waals surface area contributed by atoms with Crippen molar-refractivity contribution in [2.45, 2.75) is 58.5 Å². The summed E-state index contributed by atoms with van der Waals surface area (Å²) in [4.78, 5) is 33.0. The monoisotopic (exact) mass is 332 g/mol. The SMILES string of the molecule is CCc1nccn1CC(=O)N1CC[C@@H]2[C@@H](CCCCN2C(C)=O)C1. The van der Waals surface area contributed by atoms with Gasteiger partial charge in [0.25, 0.3) is 0 Å². The highest BCUT2D eigenvalue weighted by Gasteiger charge is 2.37. The summed E-state index contributed by atoms with van der Waals surface area (Å²) in [6.45, 7) is 6.50. The van der Waals surface area contributed by atoms with Gasteiger partial charge in [0.1, 0.15) is 12.4 Å². The number of amides is 2. The van der Waals surface area contributed by atoms with Crippen LogP contribution in [-0.4, -0.2) is 56.8 Å². The molecule has 2 aliphatic rings. The third-order valence-electron chi connectivity index (χ3n) is 5.50. The Bertz CT molecular complexity index is 598. The van der Waals surface area contributed by atoms with Crippen LogP contribution in [-0.2, 0) is 22.6 Å². The molecule has 0 saturated carbocycles. The van der Waals surface area contributed by atoms with Gasteiger partial charge in [-0.2, -0.15) is 0 Å². The number of rotatable bonds is 3. The molecule has 0 spiro atoms. The Balaban J connectivity index is 1.65. The maximum atomic E-state index is 12.7. The minimum Gasteiger partial charge on any atom is -0.341 e. The van der Waals surface area contributed by atoms with Crippen molar-refractivity contribution < 1.29 is 9.59 Å². The zero-order chi connectivity index (χ0) is 17.1. The van der Waals surface area contributed by atoms with Gasteiger partial charge in [-0.05, 0) is 25.2 Å². The van der Waals surface area contributed by atoms with Gasteiger partial charge in [0, 0.05) is 51.4 Å². The number of aryl methyl sites for hydroxylation is 1. The first-order valence-electron chi connectivity index (χ1n) is 9.15. The van der Waals surface area contributed by atoms with E-state index in [0.29, 0.717) is 18.5 Å². The summed E-state index contributed by atoms with van der Waals surface area (Å²) in [5.74, 6) is 1.72. The first-order chi connectivity index (χ1) is 11.6. The largest absolute Gasteiger partial charge is 0.341 e. The van der Waals surface area contributed by atoms with Crippen LogP contribution >= 0.6 is 0 Å². The molecule has 3 heterocycles. The van der Waals surface area contributed by atoms with Gasteiger partial charge in [-0.15, -0.1) is 0 Å². The average Bonchev–Trinajstić information content (AvgIpc) is 2.90. The van der Waals surface area contributed by atoms with E-state index < -0.39 is 0 Å². The van der Waals surface area contributed by atoms with Gasteiger partial charge in [0.05, 0.1) is 0 Å². The van der Waals surface area contributed by atoms with Crippen LogP contribution in [0.2, 0.25) is 0 Å². The Morgan fingerprint density at radius 3 is 2.83 bits per heavy atom. The molecule has 132 valence electrons. The third kappa shape index (κ3) is 3.47. The van der Waals surface area contributed by atoms with Gasteiger partial charge < -0.3 is 14.4 Å². The molecule has 1 aromatic heterocycles. The van der Waals surface area contributed by atoms with Gasteiger partial charge in [0.15, 0.2) is 0 Å². The fourth-order valence-corrected chi connectivity index (χ4v) is 4.23. The van der Waals surface area contributed by atoms with E-state index in [1.165, 1.54) is 0 Å². The van der Waals surface area contributed by atoms with E-state index in [2.05, 4.69) is 11.9 Å². The number of carbonyl (C=O) groups is 2. The van der Waals surface area contributed by atoms with Gasteiger partial charge in [0.2, 0.25) is 11.8 Å². The molecule has 6 nitrogen and oxygen atoms in total. The van der Waals surface area contributed by atoms with Crippen LogP contribution < -0.4 is 0 Å². The first-order valence-corrected chi connectivity index (χ1v) is 9.15. The molecule has 0 radical (unpaired) electrons. The van der Waals surface area contributed by atoms with E-state index >= 15 is 0 Å². The Kier molecular flexibility index (Phi) is 5.21. The van der Waals surface area contributed by atoms with Crippen molar-refractivity contribution in [2.75, 3.05) is 19.6 Å². The molecule has 2 fully saturated rings. The van der Waals surface area contributed by atoms with Crippen LogP contribution in [0.25, 0.3) is 0 Å². The standard InChI is InChI=1S/C18H28N4O2/c1-3-17-19-8-11-20(17)13-18(24)21-10-7-16-15(12-21)6-4-5-9-22(16)14(2)23/h8,11,15-16H,3-7,9-10,12-13H2,1-2H3/t15-,16+/m0/s1. The van der Waals surface area contributed by atoms with E-state index in [9.17, 15) is 9.59 Å². The van der Waals surface area contributed by atoms with Crippen LogP contribution in [0.4, 0.5) is 0 Å². The number of carbonyl (C=O) groups excluding carboxylic acids is 2. The second-order valence-corrected chi connectivity index (χ2v) is 6.99. The number of fused-ring (bicyclic) bond motifs is 1. The molecule has 2 atom stereocenters. The molecule has 2 saturated heterocycles. The van der Waals surface area contributed by atoms with Crippen molar-refractivity contribution in [1.29, 1.82) is 0 Å². The highest BCUT2D eigenvalue weighted by molar-refractivity contribution is 5.76. The van der Waals surface area contributed by atoms with Crippen molar-refractivity contribution in [3.05, 3.63) is 18.2 Å². The maximum Gasteiger partial charge on any atom is 0.242 e. The maximum absolute atomic E-state index is 12.7. The number of hydrogen-bond acceptors (Lipinski definition) is 3. The van der Waals surface area contributed by atoms with Crippen molar-refractivity contribution in [3.8, 4) is 0 Å². The second-order valence-electron chi connectivity index (χ2n) is 6.99. The Labute approximate surface area is 143 Å². The lowest BCUT2D eigenvalue weighted by Crippen LogP contribution is -2.53. The summed E-state index contributed by atoms with van der Waals surface area (Å²) in [6, 6.07) is 0.313. The zero-order valence-corrected chi connectivity index (χ0v) is 14.8. The molecule has 2 aliphatic heterocycles. The lowest BCUT2D eigenvalue weighted by Gasteiger charge is -2.42. The smallest absolute Gasteiger partial charge is 0.242 e. The fourth-order valence-electron chi connectivity index (χ4n) is 4.23. The molecule has 6 heteroatoms. The molecular formula is C18H28N4O2. The predicted octanol–water partition coefficient (Wildman–Crippen LogP) is 1.69. The number of aromatic nitrogens is 2. The highest BCUT2D eigenvalue weighted by atomic mass is 16.2. The van der Waals surface area contributed by atoms with E-state index in [1.807, 2.05) is 20.6 Å². The van der Waals surface area contributed by atoms with Crippen molar-refractivity contribution >= 4 is 11.8 Å². The Morgan fingerprint density at radius 2 is 2.08 bits per heavy atom. The molecule has 0 aromatic carbocycles. The van der Waals surface area contributed by atoms with Gasteiger partial charge in [-0.25, -0.2) is 4.98 Å². The molecule has 2 amide bonds. The number of piperidine rings is 1. The summed E-state index contributed by atoms with van der Waals surface area (Å²) >= 11 is 0. The van der Waals surface area contributed by atoms with Crippen molar-refractivity contribution in [1.82, 2.24) is 19.4 Å². The number of nitrogens with zero attached hydrogens (tertiary/aromatic N) is 4. The van der Waals surface area contributed by atoms with E-state index in [0.717, 1.165) is 57.6 Å². The van der Waals surface area contributed by atoms with Gasteiger partial charge >= 0.3 is 0 Å². The van der Waals surface area contributed by atoms with Crippen LogP contribution in [0, 0.1) is 5.92 Å². The molecule has 0 N–H and O–H groups in total. The quantitative estimate of drug-likeness (QED) is 0.846. The lowest BCUT2D eigenvalue weighted by atomic mass is 9.88. The molecule has 24 heavy (non-hydrogen) atoms. The number of imidazole rings is 1. The summed E-state index contributed by atoms with van der Waals surface area (Å²) in [5.41, 5.74) is 0. The Hall–Kier alpha value is -1.85. The number of hydrogen-bond donors (Lipinski definition) is 0. The summed E-state index contributed by atoms with van der Waals surface area (Å²) in [5, 5.41) is 0. The fraction of sp³-hybridized carbons (Fsp3) is 0.722. The van der Waals surface area contributed by atoms with E-state index in [1.54, 1.807) is 13.1 Å². The summed E-state index contributed by atoms with van der Waals surface area (Å²) < 4.78 is 1.95. The molecule has 1 aromatic rings. The second kappa shape index (κ2) is 7.36. The lowest BCUT2D eigenvalue weighted by molar-refractivity contribution is -0.137. The molecule has 0 aliphatic carbocycles. The topological polar surface area (TPSA) is 58.4 Å². The first kappa shape index (κ1) is 17.0. The average molecular weight is 332 g/mol. The van der Waals surface area contributed by atoms with Crippen molar-refractivity contribution in [3.63, 3.8) is 0 Å². The highest BCUT2D eigenvalue weighted by Crippen LogP contribution is 2.30. The number of likely N-dealkylation sites (tertiary alicyclic amines) is 2. The summed E-state index contributed by atoms with van der Waals surface area (Å²) in [6.07, 6.45) is 8.72. The molecule has 0 unspecified atom stereocenters. The van der Waals surface area contributed by atoms with Crippen LogP contribution in [0.3, 0.4) is 0 Å². The van der Waals surface area contributed by atoms with E-state index in [4.69, 9.17) is 0 Å². The van der Waals surface area contributed by atoms with Crippen LogP contribution in [0.15, 0.2) is 12.4 Å². The molecular weight excluding hydrogens is 304 g/mol. The Morgan fingerprint density at radius 1 is 1.25 bits per heavy atom. The van der Waals surface area contributed by atoms with Crippen LogP contribution in [0.5, 0.6) is 0 Å². The minimum atomic E-state index is 0.166. The summed E-state index contributed by atoms with van der Waals surface area (Å²) in [7, 11) is 0. The minimum absolute atomic E-state index is 0.166. The van der Waals surface area contributed by atoms with Gasteiger partial charge in [-0.3, -0.25) is 9.59 Å². The zero-order valence-electron chi connectivity index (χ0n) is 14.8. The molecule has 3 rings (SSSR count). The third-order valence-corrected chi connectivity index (χ3v) is 5.50. The van der Waals surface area contributed by atoms with E-state index in [-0.39, 0.29) is 11.8 Å².